The van der Waals surface area contributed by atoms with Crippen LogP contribution in [-0.2, 0) is 9.59 Å². The van der Waals surface area contributed by atoms with Crippen LogP contribution >= 0.6 is 0 Å². The Balaban J connectivity index is 1.35. The van der Waals surface area contributed by atoms with Crippen molar-refractivity contribution in [2.24, 2.45) is 0 Å². The predicted molar refractivity (Wildman–Crippen MR) is 146 cm³/mol. The molecule has 3 heterocycles. The van der Waals surface area contributed by atoms with E-state index in [0.717, 1.165) is 59.6 Å². The van der Waals surface area contributed by atoms with E-state index < -0.39 is 0 Å². The van der Waals surface area contributed by atoms with E-state index in [0.29, 0.717) is 11.6 Å². The van der Waals surface area contributed by atoms with Crippen LogP contribution in [-0.4, -0.2) is 57.8 Å². The molecule has 0 atom stereocenters. The van der Waals surface area contributed by atoms with Crippen molar-refractivity contribution in [3.8, 4) is 11.1 Å². The van der Waals surface area contributed by atoms with Crippen LogP contribution < -0.4 is 15.5 Å². The fraction of sp³-hybridized carbons (Fsp3) is 0.179. The number of rotatable bonds is 6. The van der Waals surface area contributed by atoms with Gasteiger partial charge in [0.2, 0.25) is 17.8 Å². The molecule has 9 heteroatoms. The summed E-state index contributed by atoms with van der Waals surface area (Å²) in [7, 11) is 0. The van der Waals surface area contributed by atoms with Crippen LogP contribution in [0.4, 0.5) is 23.0 Å². The molecule has 2 amide bonds. The SMILES string of the molecule is C=CC(=O)Nc1cncc(-c2cccc3cnc(Nc4ccc(N5CCN(C(C)=O)CC5)cc4)nc23)c1. The molecule has 2 aromatic heterocycles. The lowest BCUT2D eigenvalue weighted by Crippen LogP contribution is -2.48. The lowest BCUT2D eigenvalue weighted by atomic mass is 10.0. The zero-order valence-corrected chi connectivity index (χ0v) is 20.5. The Hall–Kier alpha value is -4.79. The monoisotopic (exact) mass is 493 g/mol. The van der Waals surface area contributed by atoms with Crippen molar-refractivity contribution in [2.75, 3.05) is 41.7 Å². The lowest BCUT2D eigenvalue weighted by Gasteiger charge is -2.35. The molecule has 1 aliphatic rings. The number of nitrogens with zero attached hydrogens (tertiary/aromatic N) is 5. The Kier molecular flexibility index (Phi) is 6.76. The van der Waals surface area contributed by atoms with Crippen molar-refractivity contribution in [1.29, 1.82) is 0 Å². The average molecular weight is 494 g/mol. The maximum absolute atomic E-state index is 11.7. The van der Waals surface area contributed by atoms with E-state index >= 15 is 0 Å². The zero-order valence-electron chi connectivity index (χ0n) is 20.5. The second-order valence-electron chi connectivity index (χ2n) is 8.76. The molecule has 5 rings (SSSR count). The van der Waals surface area contributed by atoms with Gasteiger partial charge in [0.25, 0.3) is 0 Å². The van der Waals surface area contributed by atoms with Crippen molar-refractivity contribution < 1.29 is 9.59 Å². The van der Waals surface area contributed by atoms with Gasteiger partial charge >= 0.3 is 0 Å². The maximum atomic E-state index is 11.7. The van der Waals surface area contributed by atoms with Crippen molar-refractivity contribution in [1.82, 2.24) is 19.9 Å². The Morgan fingerprint density at radius 3 is 2.49 bits per heavy atom. The molecule has 0 bridgehead atoms. The van der Waals surface area contributed by atoms with Gasteiger partial charge in [0.1, 0.15) is 0 Å². The summed E-state index contributed by atoms with van der Waals surface area (Å²) in [4.78, 5) is 41.0. The fourth-order valence-electron chi connectivity index (χ4n) is 4.36. The normalized spacial score (nSPS) is 13.3. The number of fused-ring (bicyclic) bond motifs is 1. The average Bonchev–Trinajstić information content (AvgIpc) is 2.93. The number of amides is 2. The number of carbonyl (C=O) groups is 2. The number of nitrogens with one attached hydrogen (secondary N) is 2. The van der Waals surface area contributed by atoms with Gasteiger partial charge in [0, 0.05) is 73.4 Å². The van der Waals surface area contributed by atoms with Crippen LogP contribution in [0.25, 0.3) is 22.0 Å². The standard InChI is InChI=1S/C28H27N7O2/c1-3-26(37)31-23-15-21(16-29-18-23)25-6-4-5-20-17-30-28(33-27(20)25)32-22-7-9-24(10-8-22)35-13-11-34(12-14-35)19(2)36/h3-10,15-18H,1,11-14H2,2H3,(H,31,37)(H,30,32,33). The van der Waals surface area contributed by atoms with Gasteiger partial charge in [-0.15, -0.1) is 0 Å². The molecule has 37 heavy (non-hydrogen) atoms. The summed E-state index contributed by atoms with van der Waals surface area (Å²) in [5.41, 5.74) is 5.05. The van der Waals surface area contributed by atoms with Gasteiger partial charge in [-0.3, -0.25) is 14.6 Å². The topological polar surface area (TPSA) is 103 Å². The van der Waals surface area contributed by atoms with E-state index in [1.54, 1.807) is 25.5 Å². The number of carbonyl (C=O) groups excluding carboxylic acids is 2. The van der Waals surface area contributed by atoms with Crippen LogP contribution in [0.2, 0.25) is 0 Å². The van der Waals surface area contributed by atoms with Crippen LogP contribution in [0.15, 0.2) is 79.8 Å². The number of benzene rings is 2. The second-order valence-corrected chi connectivity index (χ2v) is 8.76. The van der Waals surface area contributed by atoms with Gasteiger partial charge in [0.15, 0.2) is 0 Å². The summed E-state index contributed by atoms with van der Waals surface area (Å²) in [6, 6.07) is 15.9. The molecule has 1 aliphatic heterocycles. The van der Waals surface area contributed by atoms with Crippen molar-refractivity contribution in [3.05, 3.63) is 79.8 Å². The smallest absolute Gasteiger partial charge is 0.247 e. The second kappa shape index (κ2) is 10.4. The van der Waals surface area contributed by atoms with Gasteiger partial charge < -0.3 is 20.4 Å². The van der Waals surface area contributed by atoms with Gasteiger partial charge in [0.05, 0.1) is 17.4 Å². The molecule has 4 aromatic rings. The summed E-state index contributed by atoms with van der Waals surface area (Å²) in [5, 5.41) is 6.93. The van der Waals surface area contributed by atoms with Crippen molar-refractivity contribution >= 4 is 45.7 Å². The molecular formula is C28H27N7O2. The van der Waals surface area contributed by atoms with E-state index in [4.69, 9.17) is 4.98 Å². The van der Waals surface area contributed by atoms with Crippen molar-refractivity contribution in [3.63, 3.8) is 0 Å². The minimum atomic E-state index is -0.296. The van der Waals surface area contributed by atoms with Crippen LogP contribution in [0.5, 0.6) is 0 Å². The third-order valence-corrected chi connectivity index (χ3v) is 6.33. The summed E-state index contributed by atoms with van der Waals surface area (Å²) in [5.74, 6) is 0.308. The number of para-hydroxylation sites is 1. The molecule has 1 saturated heterocycles. The molecule has 9 nitrogen and oxygen atoms in total. The molecule has 0 saturated carbocycles. The number of aromatic nitrogens is 3. The highest BCUT2D eigenvalue weighted by Crippen LogP contribution is 2.29. The molecule has 0 radical (unpaired) electrons. The van der Waals surface area contributed by atoms with Gasteiger partial charge in [-0.05, 0) is 36.4 Å². The number of pyridine rings is 1. The molecule has 0 spiro atoms. The Morgan fingerprint density at radius 2 is 1.76 bits per heavy atom. The molecule has 0 unspecified atom stereocenters. The Labute approximate surface area is 214 Å². The first-order valence-corrected chi connectivity index (χ1v) is 12.0. The van der Waals surface area contributed by atoms with Gasteiger partial charge in [-0.25, -0.2) is 9.97 Å². The zero-order chi connectivity index (χ0) is 25.8. The maximum Gasteiger partial charge on any atom is 0.247 e. The predicted octanol–water partition coefficient (Wildman–Crippen LogP) is 4.23. The highest BCUT2D eigenvalue weighted by molar-refractivity contribution is 6.00. The first-order chi connectivity index (χ1) is 18.0. The van der Waals surface area contributed by atoms with E-state index in [2.05, 4.69) is 44.2 Å². The quantitative estimate of drug-likeness (QED) is 0.388. The molecule has 2 N–H and O–H groups in total. The first kappa shape index (κ1) is 23.9. The molecular weight excluding hydrogens is 466 g/mol. The number of piperazine rings is 1. The van der Waals surface area contributed by atoms with E-state index in [1.165, 1.54) is 6.08 Å². The highest BCUT2D eigenvalue weighted by Gasteiger charge is 2.18. The summed E-state index contributed by atoms with van der Waals surface area (Å²) in [6.45, 7) is 8.21. The third-order valence-electron chi connectivity index (χ3n) is 6.33. The molecule has 1 fully saturated rings. The van der Waals surface area contributed by atoms with E-state index in [1.807, 2.05) is 41.3 Å². The Morgan fingerprint density at radius 1 is 0.973 bits per heavy atom. The summed E-state index contributed by atoms with van der Waals surface area (Å²) >= 11 is 0. The van der Waals surface area contributed by atoms with Crippen LogP contribution in [0.1, 0.15) is 6.92 Å². The molecule has 186 valence electrons. The first-order valence-electron chi connectivity index (χ1n) is 12.0. The Bertz CT molecular complexity index is 1460. The number of hydrogen-bond acceptors (Lipinski definition) is 7. The third kappa shape index (κ3) is 5.40. The van der Waals surface area contributed by atoms with E-state index in [9.17, 15) is 9.59 Å². The summed E-state index contributed by atoms with van der Waals surface area (Å²) < 4.78 is 0. The number of anilines is 4. The summed E-state index contributed by atoms with van der Waals surface area (Å²) in [6.07, 6.45) is 6.33. The van der Waals surface area contributed by atoms with Gasteiger partial charge in [-0.1, -0.05) is 24.8 Å². The minimum absolute atomic E-state index is 0.126. The fourth-order valence-corrected chi connectivity index (χ4v) is 4.36. The largest absolute Gasteiger partial charge is 0.368 e. The highest BCUT2D eigenvalue weighted by atomic mass is 16.2. The van der Waals surface area contributed by atoms with Crippen molar-refractivity contribution in [2.45, 2.75) is 6.92 Å². The lowest BCUT2D eigenvalue weighted by molar-refractivity contribution is -0.129. The molecule has 2 aromatic carbocycles. The molecule has 0 aliphatic carbocycles. The number of hydrogen-bond donors (Lipinski definition) is 2. The van der Waals surface area contributed by atoms with E-state index in [-0.39, 0.29) is 11.8 Å². The van der Waals surface area contributed by atoms with Crippen LogP contribution in [0, 0.1) is 0 Å². The van der Waals surface area contributed by atoms with Gasteiger partial charge in [-0.2, -0.15) is 0 Å². The van der Waals surface area contributed by atoms with Crippen LogP contribution in [0.3, 0.4) is 0 Å². The minimum Gasteiger partial charge on any atom is -0.368 e.